The van der Waals surface area contributed by atoms with E-state index in [4.69, 9.17) is 9.15 Å². The lowest BCUT2D eigenvalue weighted by Gasteiger charge is -2.24. The maximum absolute atomic E-state index is 13.0. The lowest BCUT2D eigenvalue weighted by atomic mass is 9.95. The number of furan rings is 1. The first-order valence-electron chi connectivity index (χ1n) is 9.82. The van der Waals surface area contributed by atoms with E-state index in [1.54, 1.807) is 48.5 Å². The van der Waals surface area contributed by atoms with E-state index < -0.39 is 17.7 Å². The molecule has 1 saturated heterocycles. The van der Waals surface area contributed by atoms with Crippen LogP contribution in [0.25, 0.3) is 5.76 Å². The molecular formula is C24H21NO6. The minimum Gasteiger partial charge on any atom is -0.508 e. The molecule has 0 aliphatic carbocycles. The molecule has 158 valence electrons. The number of carbonyl (C=O) groups excluding carboxylic acids is 2. The number of aromatic hydroxyl groups is 1. The van der Waals surface area contributed by atoms with Crippen molar-refractivity contribution in [3.63, 3.8) is 0 Å². The van der Waals surface area contributed by atoms with Crippen LogP contribution in [0.4, 0.5) is 0 Å². The summed E-state index contributed by atoms with van der Waals surface area (Å²) in [5.74, 6) is -0.864. The molecule has 0 bridgehead atoms. The molecule has 3 aromatic rings. The topological polar surface area (TPSA) is 100 Å². The molecular weight excluding hydrogens is 398 g/mol. The number of amides is 1. The summed E-state index contributed by atoms with van der Waals surface area (Å²) >= 11 is 0. The molecule has 1 aromatic heterocycles. The van der Waals surface area contributed by atoms with Gasteiger partial charge in [0.1, 0.15) is 23.0 Å². The Morgan fingerprint density at radius 2 is 1.90 bits per heavy atom. The summed E-state index contributed by atoms with van der Waals surface area (Å²) < 4.78 is 10.8. The van der Waals surface area contributed by atoms with Crippen LogP contribution in [0.1, 0.15) is 29.9 Å². The summed E-state index contributed by atoms with van der Waals surface area (Å²) in [7, 11) is 0. The smallest absolute Gasteiger partial charge is 0.296 e. The zero-order valence-electron chi connectivity index (χ0n) is 16.8. The largest absolute Gasteiger partial charge is 0.508 e. The number of benzene rings is 2. The predicted octanol–water partition coefficient (Wildman–Crippen LogP) is 4.01. The van der Waals surface area contributed by atoms with Crippen LogP contribution >= 0.6 is 0 Å². The number of carbonyl (C=O) groups is 2. The Bertz CT molecular complexity index is 1150. The van der Waals surface area contributed by atoms with Crippen LogP contribution in [0.5, 0.6) is 11.5 Å². The molecule has 0 saturated carbocycles. The fourth-order valence-corrected chi connectivity index (χ4v) is 3.71. The van der Waals surface area contributed by atoms with Gasteiger partial charge in [0.25, 0.3) is 11.7 Å². The van der Waals surface area contributed by atoms with Gasteiger partial charge in [-0.05, 0) is 48.9 Å². The summed E-state index contributed by atoms with van der Waals surface area (Å²) in [4.78, 5) is 27.3. The SMILES string of the molecule is CCOc1cccc(C(O)=C2C(=O)C(=O)N(Cc3ccco3)C2c2cccc(O)c2)c1. The number of likely N-dealkylation sites (tertiary alicyclic amines) is 1. The maximum Gasteiger partial charge on any atom is 0.296 e. The number of hydrogen-bond donors (Lipinski definition) is 2. The van der Waals surface area contributed by atoms with Gasteiger partial charge in [-0.3, -0.25) is 9.59 Å². The number of phenols is 1. The van der Waals surface area contributed by atoms with Gasteiger partial charge in [-0.15, -0.1) is 0 Å². The highest BCUT2D eigenvalue weighted by Crippen LogP contribution is 2.41. The van der Waals surface area contributed by atoms with Gasteiger partial charge in [-0.1, -0.05) is 24.3 Å². The maximum atomic E-state index is 13.0. The van der Waals surface area contributed by atoms with Gasteiger partial charge in [0.15, 0.2) is 0 Å². The van der Waals surface area contributed by atoms with Gasteiger partial charge >= 0.3 is 0 Å². The van der Waals surface area contributed by atoms with Crippen molar-refractivity contribution < 1.29 is 29.0 Å². The Balaban J connectivity index is 1.86. The summed E-state index contributed by atoms with van der Waals surface area (Å²) in [6, 6.07) is 15.4. The highest BCUT2D eigenvalue weighted by Gasteiger charge is 2.46. The second-order valence-electron chi connectivity index (χ2n) is 7.06. The Labute approximate surface area is 178 Å². The number of ketones is 1. The fraction of sp³-hybridized carbons (Fsp3) is 0.167. The molecule has 7 heteroatoms. The average molecular weight is 419 g/mol. The molecule has 1 amide bonds. The van der Waals surface area contributed by atoms with Crippen LogP contribution in [0.15, 0.2) is 76.9 Å². The fourth-order valence-electron chi connectivity index (χ4n) is 3.71. The van der Waals surface area contributed by atoms with Crippen LogP contribution in [-0.4, -0.2) is 33.4 Å². The number of phenolic OH excluding ortho intramolecular Hbond substituents is 1. The van der Waals surface area contributed by atoms with Gasteiger partial charge in [-0.25, -0.2) is 0 Å². The van der Waals surface area contributed by atoms with E-state index in [0.29, 0.717) is 29.2 Å². The standard InChI is InChI=1S/C24H21NO6/c1-2-30-18-9-4-7-16(13-18)22(27)20-21(15-6-3-8-17(26)12-15)25(24(29)23(20)28)14-19-10-5-11-31-19/h3-13,21,26-27H,2,14H2,1H3. The van der Waals surface area contributed by atoms with Crippen LogP contribution in [-0.2, 0) is 16.1 Å². The molecule has 7 nitrogen and oxygen atoms in total. The highest BCUT2D eigenvalue weighted by atomic mass is 16.5. The van der Waals surface area contributed by atoms with E-state index in [1.807, 2.05) is 6.92 Å². The molecule has 0 radical (unpaired) electrons. The molecule has 2 heterocycles. The normalized spacial score (nSPS) is 17.8. The van der Waals surface area contributed by atoms with Crippen molar-refractivity contribution in [3.05, 3.63) is 89.4 Å². The van der Waals surface area contributed by atoms with Crippen LogP contribution in [0, 0.1) is 0 Å². The summed E-state index contributed by atoms with van der Waals surface area (Å²) in [6.07, 6.45) is 1.48. The average Bonchev–Trinajstić information content (AvgIpc) is 3.36. The Morgan fingerprint density at radius 3 is 2.61 bits per heavy atom. The number of aliphatic hydroxyl groups excluding tert-OH is 1. The minimum atomic E-state index is -0.895. The Kier molecular flexibility index (Phi) is 5.49. The predicted molar refractivity (Wildman–Crippen MR) is 112 cm³/mol. The van der Waals surface area contributed by atoms with E-state index in [-0.39, 0.29) is 23.6 Å². The molecule has 31 heavy (non-hydrogen) atoms. The molecule has 2 N–H and O–H groups in total. The third-order valence-electron chi connectivity index (χ3n) is 5.05. The lowest BCUT2D eigenvalue weighted by Crippen LogP contribution is -2.29. The van der Waals surface area contributed by atoms with Crippen LogP contribution < -0.4 is 4.74 Å². The van der Waals surface area contributed by atoms with Crippen molar-refractivity contribution in [2.24, 2.45) is 0 Å². The first kappa shape index (κ1) is 20.3. The molecule has 4 rings (SSSR count). The zero-order valence-corrected chi connectivity index (χ0v) is 16.8. The second kappa shape index (κ2) is 8.39. The van der Waals surface area contributed by atoms with Crippen LogP contribution in [0.2, 0.25) is 0 Å². The van der Waals surface area contributed by atoms with Crippen molar-refractivity contribution in [2.45, 2.75) is 19.5 Å². The molecule has 1 atom stereocenters. The number of hydrogen-bond acceptors (Lipinski definition) is 6. The molecule has 1 aliphatic rings. The first-order chi connectivity index (χ1) is 15.0. The summed E-state index contributed by atoms with van der Waals surface area (Å²) in [5.41, 5.74) is 0.788. The van der Waals surface area contributed by atoms with Gasteiger partial charge in [0, 0.05) is 5.56 Å². The quantitative estimate of drug-likeness (QED) is 0.356. The van der Waals surface area contributed by atoms with Crippen molar-refractivity contribution in [1.29, 1.82) is 0 Å². The second-order valence-corrected chi connectivity index (χ2v) is 7.06. The van der Waals surface area contributed by atoms with Gasteiger partial charge in [0.05, 0.1) is 31.0 Å². The van der Waals surface area contributed by atoms with Gasteiger partial charge in [-0.2, -0.15) is 0 Å². The third kappa shape index (κ3) is 3.90. The van der Waals surface area contributed by atoms with Gasteiger partial charge < -0.3 is 24.3 Å². The molecule has 2 aromatic carbocycles. The number of rotatable bonds is 6. The van der Waals surface area contributed by atoms with E-state index in [9.17, 15) is 19.8 Å². The highest BCUT2D eigenvalue weighted by molar-refractivity contribution is 6.46. The summed E-state index contributed by atoms with van der Waals surface area (Å²) in [5, 5.41) is 21.1. The van der Waals surface area contributed by atoms with E-state index >= 15 is 0 Å². The number of nitrogens with zero attached hydrogens (tertiary/aromatic N) is 1. The van der Waals surface area contributed by atoms with E-state index in [0.717, 1.165) is 0 Å². The first-order valence-corrected chi connectivity index (χ1v) is 9.82. The number of aliphatic hydroxyl groups is 1. The monoisotopic (exact) mass is 419 g/mol. The zero-order chi connectivity index (χ0) is 22.0. The van der Waals surface area contributed by atoms with E-state index in [1.165, 1.54) is 23.3 Å². The Morgan fingerprint density at radius 1 is 1.10 bits per heavy atom. The number of Topliss-reactive ketones (excluding diaryl/α,β-unsaturated/α-hetero) is 1. The van der Waals surface area contributed by atoms with Gasteiger partial charge in [0.2, 0.25) is 0 Å². The van der Waals surface area contributed by atoms with Crippen molar-refractivity contribution in [3.8, 4) is 11.5 Å². The molecule has 1 fully saturated rings. The van der Waals surface area contributed by atoms with Crippen molar-refractivity contribution in [2.75, 3.05) is 6.61 Å². The van der Waals surface area contributed by atoms with Crippen molar-refractivity contribution in [1.82, 2.24) is 4.90 Å². The minimum absolute atomic E-state index is 0.0144. The summed E-state index contributed by atoms with van der Waals surface area (Å²) in [6.45, 7) is 2.32. The molecule has 1 unspecified atom stereocenters. The molecule has 0 spiro atoms. The third-order valence-corrected chi connectivity index (χ3v) is 5.05. The number of ether oxygens (including phenoxy) is 1. The lowest BCUT2D eigenvalue weighted by molar-refractivity contribution is -0.140. The van der Waals surface area contributed by atoms with Crippen LogP contribution in [0.3, 0.4) is 0 Å². The van der Waals surface area contributed by atoms with Crippen molar-refractivity contribution >= 4 is 17.4 Å². The molecule has 1 aliphatic heterocycles. The van der Waals surface area contributed by atoms with E-state index in [2.05, 4.69) is 0 Å². The Hall–Kier alpha value is -4.00.